The van der Waals surface area contributed by atoms with Crippen LogP contribution in [0.1, 0.15) is 10.4 Å². The van der Waals surface area contributed by atoms with Crippen molar-refractivity contribution < 1.29 is 18.3 Å². The van der Waals surface area contributed by atoms with Gasteiger partial charge in [-0.15, -0.1) is 0 Å². The standard InChI is InChI=1S/C10H8BrN3O4S/c11-6-1-2-8(7(5-6)10(15)16)14-19(17,18)9-3-4-12-13-9/h1-5,14H,(H,12,13)(H,15,16). The zero-order chi connectivity index (χ0) is 14.0. The molecule has 2 aromatic rings. The molecule has 0 aliphatic carbocycles. The Balaban J connectivity index is 2.42. The smallest absolute Gasteiger partial charge is 0.337 e. The van der Waals surface area contributed by atoms with E-state index < -0.39 is 16.0 Å². The third-order valence-corrected chi connectivity index (χ3v) is 4.01. The molecule has 1 aromatic heterocycles. The van der Waals surface area contributed by atoms with Crippen molar-refractivity contribution in [1.82, 2.24) is 10.2 Å². The third-order valence-electron chi connectivity index (χ3n) is 2.22. The molecule has 0 aliphatic heterocycles. The van der Waals surface area contributed by atoms with Crippen LogP contribution in [-0.2, 0) is 10.0 Å². The molecule has 3 N–H and O–H groups in total. The van der Waals surface area contributed by atoms with Gasteiger partial charge in [0.1, 0.15) is 0 Å². The minimum Gasteiger partial charge on any atom is -0.478 e. The number of halogens is 1. The minimum atomic E-state index is -3.89. The maximum Gasteiger partial charge on any atom is 0.337 e. The monoisotopic (exact) mass is 345 g/mol. The molecule has 0 aliphatic rings. The molecule has 0 bridgehead atoms. The fourth-order valence-corrected chi connectivity index (χ4v) is 2.73. The van der Waals surface area contributed by atoms with Crippen LogP contribution in [0.15, 0.2) is 40.0 Å². The minimum absolute atomic E-state index is 0.0229. The van der Waals surface area contributed by atoms with Crippen LogP contribution in [0.25, 0.3) is 0 Å². The van der Waals surface area contributed by atoms with Crippen LogP contribution in [0.3, 0.4) is 0 Å². The fourth-order valence-electron chi connectivity index (χ4n) is 1.37. The molecule has 19 heavy (non-hydrogen) atoms. The van der Waals surface area contributed by atoms with Gasteiger partial charge in [0.15, 0.2) is 5.03 Å². The summed E-state index contributed by atoms with van der Waals surface area (Å²) in [6, 6.07) is 5.48. The van der Waals surface area contributed by atoms with E-state index in [2.05, 4.69) is 30.8 Å². The molecule has 0 spiro atoms. The molecule has 0 radical (unpaired) electrons. The van der Waals surface area contributed by atoms with Crippen LogP contribution in [0.4, 0.5) is 5.69 Å². The highest BCUT2D eigenvalue weighted by Crippen LogP contribution is 2.23. The summed E-state index contributed by atoms with van der Waals surface area (Å²) in [6.07, 6.45) is 1.29. The van der Waals surface area contributed by atoms with Gasteiger partial charge in [0.25, 0.3) is 10.0 Å². The first kappa shape index (κ1) is 13.6. The topological polar surface area (TPSA) is 112 Å². The zero-order valence-corrected chi connectivity index (χ0v) is 11.7. The third kappa shape index (κ3) is 2.93. The molecule has 2 rings (SSSR count). The first-order valence-corrected chi connectivity index (χ1v) is 7.23. The summed E-state index contributed by atoms with van der Waals surface area (Å²) in [5.74, 6) is -1.23. The Bertz CT molecular complexity index is 712. The molecule has 0 unspecified atom stereocenters. The van der Waals surface area contributed by atoms with Gasteiger partial charge >= 0.3 is 5.97 Å². The summed E-state index contributed by atoms with van der Waals surface area (Å²) >= 11 is 3.13. The van der Waals surface area contributed by atoms with E-state index in [1.807, 2.05) is 0 Å². The predicted octanol–water partition coefficient (Wildman–Crippen LogP) is 1.67. The average molecular weight is 346 g/mol. The molecule has 0 atom stereocenters. The van der Waals surface area contributed by atoms with Gasteiger partial charge in [-0.1, -0.05) is 15.9 Å². The highest BCUT2D eigenvalue weighted by Gasteiger charge is 2.19. The number of H-pyrrole nitrogens is 1. The van der Waals surface area contributed by atoms with E-state index in [1.165, 1.54) is 30.5 Å². The van der Waals surface area contributed by atoms with E-state index in [0.717, 1.165) is 0 Å². The maximum atomic E-state index is 11.9. The van der Waals surface area contributed by atoms with Crippen LogP contribution in [0.5, 0.6) is 0 Å². The number of nitrogens with one attached hydrogen (secondary N) is 2. The molecule has 7 nitrogen and oxygen atoms in total. The number of carbonyl (C=O) groups is 1. The highest BCUT2D eigenvalue weighted by atomic mass is 79.9. The second-order valence-electron chi connectivity index (χ2n) is 3.52. The van der Waals surface area contributed by atoms with Crippen molar-refractivity contribution >= 4 is 37.6 Å². The van der Waals surface area contributed by atoms with Gasteiger partial charge < -0.3 is 5.11 Å². The van der Waals surface area contributed by atoms with Crippen LogP contribution < -0.4 is 4.72 Å². The van der Waals surface area contributed by atoms with Gasteiger partial charge in [0.05, 0.1) is 17.4 Å². The van der Waals surface area contributed by atoms with Crippen molar-refractivity contribution in [1.29, 1.82) is 0 Å². The Hall–Kier alpha value is -1.87. The number of carboxylic acids is 1. The van der Waals surface area contributed by atoms with Crippen LogP contribution in [0.2, 0.25) is 0 Å². The lowest BCUT2D eigenvalue weighted by molar-refractivity contribution is 0.0698. The molecule has 9 heteroatoms. The average Bonchev–Trinajstić information content (AvgIpc) is 2.85. The Morgan fingerprint density at radius 3 is 2.68 bits per heavy atom. The summed E-state index contributed by atoms with van der Waals surface area (Å²) < 4.78 is 26.6. The molecule has 0 amide bonds. The van der Waals surface area contributed by atoms with Gasteiger partial charge in [-0.05, 0) is 24.3 Å². The number of carboxylic acid groups (broad SMARTS) is 1. The number of nitrogens with zero attached hydrogens (tertiary/aromatic N) is 1. The first-order chi connectivity index (χ1) is 8.90. The Morgan fingerprint density at radius 1 is 1.37 bits per heavy atom. The van der Waals surface area contributed by atoms with Gasteiger partial charge in [0, 0.05) is 4.47 Å². The number of hydrogen-bond acceptors (Lipinski definition) is 4. The maximum absolute atomic E-state index is 11.9. The Kier molecular flexibility index (Phi) is 3.58. The van der Waals surface area contributed by atoms with Crippen LogP contribution in [-0.4, -0.2) is 29.7 Å². The van der Waals surface area contributed by atoms with Gasteiger partial charge in [-0.3, -0.25) is 9.82 Å². The number of aromatic nitrogens is 2. The molecular formula is C10H8BrN3O4S. The highest BCUT2D eigenvalue weighted by molar-refractivity contribution is 9.10. The Morgan fingerprint density at radius 2 is 2.11 bits per heavy atom. The number of hydrogen-bond donors (Lipinski definition) is 3. The number of aromatic amines is 1. The first-order valence-electron chi connectivity index (χ1n) is 4.95. The van der Waals surface area contributed by atoms with E-state index in [4.69, 9.17) is 5.11 Å². The number of anilines is 1. The van der Waals surface area contributed by atoms with Crippen molar-refractivity contribution in [2.75, 3.05) is 4.72 Å². The molecule has 0 saturated carbocycles. The lowest BCUT2D eigenvalue weighted by atomic mass is 10.2. The summed E-state index contributed by atoms with van der Waals surface area (Å²) in [5, 5.41) is 14.7. The van der Waals surface area contributed by atoms with E-state index in [0.29, 0.717) is 4.47 Å². The summed E-state index contributed by atoms with van der Waals surface area (Å²) in [6.45, 7) is 0. The van der Waals surface area contributed by atoms with E-state index in [1.54, 1.807) is 0 Å². The predicted molar refractivity (Wildman–Crippen MR) is 70.5 cm³/mol. The van der Waals surface area contributed by atoms with Gasteiger partial charge in [-0.2, -0.15) is 13.5 Å². The fraction of sp³-hybridized carbons (Fsp3) is 0. The normalized spacial score (nSPS) is 11.2. The van der Waals surface area contributed by atoms with Crippen LogP contribution >= 0.6 is 15.9 Å². The quantitative estimate of drug-likeness (QED) is 0.780. The van der Waals surface area contributed by atoms with Crippen molar-refractivity contribution in [2.45, 2.75) is 5.03 Å². The Labute approximate surface area is 116 Å². The lowest BCUT2D eigenvalue weighted by Gasteiger charge is -2.09. The summed E-state index contributed by atoms with van der Waals surface area (Å²) in [5.41, 5.74) is -0.178. The molecule has 0 saturated heterocycles. The SMILES string of the molecule is O=C(O)c1cc(Br)ccc1NS(=O)(=O)c1ccn[nH]1. The number of rotatable bonds is 4. The largest absolute Gasteiger partial charge is 0.478 e. The molecule has 1 heterocycles. The van der Waals surface area contributed by atoms with Crippen molar-refractivity contribution in [2.24, 2.45) is 0 Å². The number of benzene rings is 1. The molecule has 100 valence electrons. The van der Waals surface area contributed by atoms with Crippen molar-refractivity contribution in [3.8, 4) is 0 Å². The van der Waals surface area contributed by atoms with E-state index >= 15 is 0 Å². The van der Waals surface area contributed by atoms with E-state index in [-0.39, 0.29) is 16.3 Å². The zero-order valence-electron chi connectivity index (χ0n) is 9.29. The summed E-state index contributed by atoms with van der Waals surface area (Å²) in [4.78, 5) is 11.1. The second-order valence-corrected chi connectivity index (χ2v) is 6.09. The molecular weight excluding hydrogens is 338 g/mol. The number of sulfonamides is 1. The van der Waals surface area contributed by atoms with E-state index in [9.17, 15) is 13.2 Å². The van der Waals surface area contributed by atoms with Crippen molar-refractivity contribution in [3.05, 3.63) is 40.5 Å². The molecule has 1 aromatic carbocycles. The summed E-state index contributed by atoms with van der Waals surface area (Å²) in [7, 11) is -3.89. The molecule has 0 fully saturated rings. The number of aromatic carboxylic acids is 1. The van der Waals surface area contributed by atoms with Crippen molar-refractivity contribution in [3.63, 3.8) is 0 Å². The van der Waals surface area contributed by atoms with Gasteiger partial charge in [0.2, 0.25) is 0 Å². The second kappa shape index (κ2) is 5.02. The van der Waals surface area contributed by atoms with Gasteiger partial charge in [-0.25, -0.2) is 4.79 Å². The lowest BCUT2D eigenvalue weighted by Crippen LogP contribution is -2.16. The van der Waals surface area contributed by atoms with Crippen LogP contribution in [0, 0.1) is 0 Å².